The maximum atomic E-state index is 12.6. The fourth-order valence-corrected chi connectivity index (χ4v) is 4.39. The highest BCUT2D eigenvalue weighted by Gasteiger charge is 2.29. The molecule has 0 aliphatic carbocycles. The van der Waals surface area contributed by atoms with Gasteiger partial charge in [0.15, 0.2) is 0 Å². The Labute approximate surface area is 143 Å². The van der Waals surface area contributed by atoms with Gasteiger partial charge in [-0.05, 0) is 43.9 Å². The van der Waals surface area contributed by atoms with E-state index in [2.05, 4.69) is 15.3 Å². The number of piperidine rings is 1. The number of rotatable bonds is 5. The van der Waals surface area contributed by atoms with E-state index >= 15 is 0 Å². The molecule has 1 aromatic heterocycles. The van der Waals surface area contributed by atoms with Gasteiger partial charge in [0.05, 0.1) is 4.90 Å². The van der Waals surface area contributed by atoms with Crippen molar-refractivity contribution in [2.75, 3.05) is 25.0 Å². The summed E-state index contributed by atoms with van der Waals surface area (Å²) in [5, 5.41) is 3.32. The number of hydrogen-bond acceptors (Lipinski definition) is 5. The molecule has 3 rings (SSSR count). The van der Waals surface area contributed by atoms with Crippen molar-refractivity contribution in [3.05, 3.63) is 48.4 Å². The molecule has 0 saturated carbocycles. The molecular weight excluding hydrogens is 324 g/mol. The molecule has 1 aliphatic rings. The lowest BCUT2D eigenvalue weighted by Gasteiger charge is -2.31. The van der Waals surface area contributed by atoms with E-state index in [1.165, 1.54) is 0 Å². The highest BCUT2D eigenvalue weighted by Crippen LogP contribution is 2.23. The van der Waals surface area contributed by atoms with Crippen LogP contribution in [0.15, 0.2) is 47.5 Å². The summed E-state index contributed by atoms with van der Waals surface area (Å²) in [6.45, 7) is 3.78. The van der Waals surface area contributed by atoms with Crippen LogP contribution in [0.25, 0.3) is 0 Å². The topological polar surface area (TPSA) is 75.2 Å². The molecule has 128 valence electrons. The van der Waals surface area contributed by atoms with Crippen LogP contribution in [0, 0.1) is 12.8 Å². The third kappa shape index (κ3) is 3.91. The van der Waals surface area contributed by atoms with Crippen LogP contribution in [0.2, 0.25) is 0 Å². The Balaban J connectivity index is 1.54. The number of aromatic nitrogens is 2. The number of aryl methyl sites for hydroxylation is 1. The Bertz CT molecular complexity index is 772. The number of benzene rings is 1. The summed E-state index contributed by atoms with van der Waals surface area (Å²) in [5.41, 5.74) is 0. The van der Waals surface area contributed by atoms with Crippen molar-refractivity contribution >= 4 is 15.8 Å². The van der Waals surface area contributed by atoms with Crippen LogP contribution in [-0.4, -0.2) is 42.3 Å². The van der Waals surface area contributed by atoms with E-state index < -0.39 is 10.0 Å². The molecule has 24 heavy (non-hydrogen) atoms. The summed E-state index contributed by atoms with van der Waals surface area (Å²) in [5.74, 6) is 2.01. The van der Waals surface area contributed by atoms with E-state index in [0.29, 0.717) is 23.9 Å². The SMILES string of the molecule is Cc1nccc(NCC2CCN(S(=O)(=O)c3ccccc3)CC2)n1. The molecule has 0 bridgehead atoms. The van der Waals surface area contributed by atoms with Crippen molar-refractivity contribution in [2.24, 2.45) is 5.92 Å². The summed E-state index contributed by atoms with van der Waals surface area (Å²) in [7, 11) is -3.37. The van der Waals surface area contributed by atoms with Gasteiger partial charge in [0.1, 0.15) is 11.6 Å². The molecule has 1 aliphatic heterocycles. The average Bonchev–Trinajstić information content (AvgIpc) is 2.61. The maximum absolute atomic E-state index is 12.6. The fraction of sp³-hybridized carbons (Fsp3) is 0.412. The predicted octanol–water partition coefficient (Wildman–Crippen LogP) is 2.30. The molecule has 2 aromatic rings. The normalized spacial score (nSPS) is 16.9. The van der Waals surface area contributed by atoms with Crippen LogP contribution in [0.1, 0.15) is 18.7 Å². The molecule has 6 nitrogen and oxygen atoms in total. The zero-order valence-electron chi connectivity index (χ0n) is 13.7. The first kappa shape index (κ1) is 16.9. The Hall–Kier alpha value is -1.99. The van der Waals surface area contributed by atoms with Crippen LogP contribution in [0.4, 0.5) is 5.82 Å². The molecule has 0 unspecified atom stereocenters. The van der Waals surface area contributed by atoms with Gasteiger partial charge in [0.2, 0.25) is 10.0 Å². The van der Waals surface area contributed by atoms with Gasteiger partial charge in [-0.2, -0.15) is 4.31 Å². The highest BCUT2D eigenvalue weighted by atomic mass is 32.2. The minimum absolute atomic E-state index is 0.373. The fourth-order valence-electron chi connectivity index (χ4n) is 2.90. The van der Waals surface area contributed by atoms with Crippen LogP contribution in [0.3, 0.4) is 0 Å². The molecule has 1 N–H and O–H groups in total. The number of nitrogens with one attached hydrogen (secondary N) is 1. The lowest BCUT2D eigenvalue weighted by Crippen LogP contribution is -2.39. The molecule has 7 heteroatoms. The summed E-state index contributed by atoms with van der Waals surface area (Å²) < 4.78 is 26.8. The van der Waals surface area contributed by atoms with Crippen molar-refractivity contribution < 1.29 is 8.42 Å². The molecule has 1 aromatic carbocycles. The molecule has 0 spiro atoms. The molecule has 0 amide bonds. The molecule has 1 fully saturated rings. The third-order valence-electron chi connectivity index (χ3n) is 4.30. The number of anilines is 1. The first-order valence-electron chi connectivity index (χ1n) is 8.14. The quantitative estimate of drug-likeness (QED) is 0.899. The van der Waals surface area contributed by atoms with Gasteiger partial charge in [-0.15, -0.1) is 0 Å². The van der Waals surface area contributed by atoms with Gasteiger partial charge >= 0.3 is 0 Å². The zero-order chi connectivity index (χ0) is 17.0. The van der Waals surface area contributed by atoms with E-state index in [-0.39, 0.29) is 0 Å². The summed E-state index contributed by atoms with van der Waals surface area (Å²) in [4.78, 5) is 8.77. The lowest BCUT2D eigenvalue weighted by molar-refractivity contribution is 0.282. The average molecular weight is 346 g/mol. The van der Waals surface area contributed by atoms with Crippen molar-refractivity contribution in [1.29, 1.82) is 0 Å². The van der Waals surface area contributed by atoms with Crippen LogP contribution < -0.4 is 5.32 Å². The van der Waals surface area contributed by atoms with E-state index in [9.17, 15) is 8.42 Å². The van der Waals surface area contributed by atoms with Gasteiger partial charge in [-0.3, -0.25) is 0 Å². The second-order valence-corrected chi connectivity index (χ2v) is 7.97. The first-order chi connectivity index (χ1) is 11.6. The largest absolute Gasteiger partial charge is 0.370 e. The van der Waals surface area contributed by atoms with Crippen molar-refractivity contribution in [2.45, 2.75) is 24.7 Å². The van der Waals surface area contributed by atoms with Crippen LogP contribution in [0.5, 0.6) is 0 Å². The summed E-state index contributed by atoms with van der Waals surface area (Å²) in [6, 6.07) is 10.5. The third-order valence-corrected chi connectivity index (χ3v) is 6.22. The van der Waals surface area contributed by atoms with Crippen LogP contribution in [-0.2, 0) is 10.0 Å². The second-order valence-electron chi connectivity index (χ2n) is 6.03. The van der Waals surface area contributed by atoms with Crippen LogP contribution >= 0.6 is 0 Å². The van der Waals surface area contributed by atoms with E-state index in [4.69, 9.17) is 0 Å². The standard InChI is InChI=1S/C17H22N4O2S/c1-14-18-10-7-17(20-14)19-13-15-8-11-21(12-9-15)24(22,23)16-5-3-2-4-6-16/h2-7,10,15H,8-9,11-13H2,1H3,(H,18,19,20). The Morgan fingerprint density at radius 3 is 2.54 bits per heavy atom. The number of nitrogens with zero attached hydrogens (tertiary/aromatic N) is 3. The number of sulfonamides is 1. The minimum Gasteiger partial charge on any atom is -0.370 e. The van der Waals surface area contributed by atoms with Gasteiger partial charge in [0, 0.05) is 25.8 Å². The van der Waals surface area contributed by atoms with Gasteiger partial charge in [-0.25, -0.2) is 18.4 Å². The minimum atomic E-state index is -3.37. The maximum Gasteiger partial charge on any atom is 0.243 e. The molecule has 1 saturated heterocycles. The zero-order valence-corrected chi connectivity index (χ0v) is 14.5. The van der Waals surface area contributed by atoms with Crippen molar-refractivity contribution in [3.63, 3.8) is 0 Å². The predicted molar refractivity (Wildman–Crippen MR) is 93.2 cm³/mol. The van der Waals surface area contributed by atoms with Gasteiger partial charge in [-0.1, -0.05) is 18.2 Å². The van der Waals surface area contributed by atoms with E-state index in [0.717, 1.165) is 31.0 Å². The summed E-state index contributed by atoms with van der Waals surface area (Å²) in [6.07, 6.45) is 3.44. The molecular formula is C17H22N4O2S. The second kappa shape index (κ2) is 7.27. The highest BCUT2D eigenvalue weighted by molar-refractivity contribution is 7.89. The van der Waals surface area contributed by atoms with Gasteiger partial charge < -0.3 is 5.32 Å². The lowest BCUT2D eigenvalue weighted by atomic mass is 9.98. The van der Waals surface area contributed by atoms with E-state index in [1.807, 2.05) is 19.1 Å². The Kier molecular flexibility index (Phi) is 5.11. The summed E-state index contributed by atoms with van der Waals surface area (Å²) >= 11 is 0. The monoisotopic (exact) mass is 346 g/mol. The smallest absolute Gasteiger partial charge is 0.243 e. The first-order valence-corrected chi connectivity index (χ1v) is 9.58. The Morgan fingerprint density at radius 1 is 1.17 bits per heavy atom. The van der Waals surface area contributed by atoms with Crippen molar-refractivity contribution in [1.82, 2.24) is 14.3 Å². The molecule has 0 atom stereocenters. The number of hydrogen-bond donors (Lipinski definition) is 1. The van der Waals surface area contributed by atoms with Gasteiger partial charge in [0.25, 0.3) is 0 Å². The molecule has 2 heterocycles. The molecule has 0 radical (unpaired) electrons. The Morgan fingerprint density at radius 2 is 1.88 bits per heavy atom. The van der Waals surface area contributed by atoms with E-state index in [1.54, 1.807) is 34.8 Å². The van der Waals surface area contributed by atoms with Crippen molar-refractivity contribution in [3.8, 4) is 0 Å².